The molecule has 0 saturated carbocycles. The van der Waals surface area contributed by atoms with Gasteiger partial charge in [0, 0.05) is 25.4 Å². The Balaban J connectivity index is 1.34. The van der Waals surface area contributed by atoms with Crippen LogP contribution < -0.4 is 4.74 Å². The van der Waals surface area contributed by atoms with Gasteiger partial charge in [-0.25, -0.2) is 4.98 Å². The molecule has 166 valence electrons. The number of aromatic nitrogens is 1. The number of aliphatic hydroxyl groups is 1. The summed E-state index contributed by atoms with van der Waals surface area (Å²) in [7, 11) is 1.56. The lowest BCUT2D eigenvalue weighted by Crippen LogP contribution is -2.45. The minimum absolute atomic E-state index is 0.0228. The van der Waals surface area contributed by atoms with Crippen molar-refractivity contribution in [1.82, 2.24) is 9.88 Å². The van der Waals surface area contributed by atoms with Crippen LogP contribution in [0, 0.1) is 5.41 Å². The van der Waals surface area contributed by atoms with Crippen molar-refractivity contribution in [2.24, 2.45) is 5.41 Å². The Bertz CT molecular complexity index is 767. The second-order valence-electron chi connectivity index (χ2n) is 10.00. The summed E-state index contributed by atoms with van der Waals surface area (Å²) in [4.78, 5) is 18.9. The largest absolute Gasteiger partial charge is 0.481 e. The molecule has 4 heterocycles. The molecule has 1 amide bonds. The molecule has 0 radical (unpaired) electrons. The molecule has 3 saturated heterocycles. The minimum Gasteiger partial charge on any atom is -0.481 e. The van der Waals surface area contributed by atoms with E-state index in [9.17, 15) is 9.90 Å². The quantitative estimate of drug-likeness (QED) is 0.810. The molecular weight excluding hydrogens is 384 g/mol. The van der Waals surface area contributed by atoms with Crippen molar-refractivity contribution in [3.8, 4) is 5.88 Å². The summed E-state index contributed by atoms with van der Waals surface area (Å²) in [5.74, 6) is 0.530. The summed E-state index contributed by atoms with van der Waals surface area (Å²) in [5.41, 5.74) is -0.484. The molecular formula is C23H34N2O5. The van der Waals surface area contributed by atoms with Gasteiger partial charge in [0.2, 0.25) is 5.88 Å². The maximum absolute atomic E-state index is 12.8. The summed E-state index contributed by atoms with van der Waals surface area (Å²) >= 11 is 0. The molecule has 4 rings (SSSR count). The first-order chi connectivity index (χ1) is 14.1. The van der Waals surface area contributed by atoms with Crippen molar-refractivity contribution >= 4 is 5.91 Å². The molecule has 7 heteroatoms. The van der Waals surface area contributed by atoms with Crippen LogP contribution in [0.2, 0.25) is 0 Å². The van der Waals surface area contributed by atoms with Crippen molar-refractivity contribution in [3.63, 3.8) is 0 Å². The Hall–Kier alpha value is -1.70. The van der Waals surface area contributed by atoms with E-state index in [1.54, 1.807) is 25.4 Å². The van der Waals surface area contributed by atoms with Gasteiger partial charge in [-0.2, -0.15) is 0 Å². The van der Waals surface area contributed by atoms with Gasteiger partial charge in [-0.1, -0.05) is 0 Å². The zero-order chi connectivity index (χ0) is 21.6. The van der Waals surface area contributed by atoms with Crippen molar-refractivity contribution < 1.29 is 24.1 Å². The Morgan fingerprint density at radius 2 is 2.03 bits per heavy atom. The number of rotatable bonds is 4. The maximum Gasteiger partial charge on any atom is 0.255 e. The molecule has 30 heavy (non-hydrogen) atoms. The molecule has 3 aliphatic rings. The number of piperidine rings is 1. The topological polar surface area (TPSA) is 81.1 Å². The zero-order valence-electron chi connectivity index (χ0n) is 18.5. The summed E-state index contributed by atoms with van der Waals surface area (Å²) < 4.78 is 17.6. The number of likely N-dealkylation sites (tertiary alicyclic amines) is 1. The van der Waals surface area contributed by atoms with Gasteiger partial charge in [-0.3, -0.25) is 4.79 Å². The number of ether oxygens (including phenoxy) is 3. The standard InChI is InChI=1S/C23H34N2O5/c1-21(2,27)17-7-8-22(3,30-17)18-13-23(15-29-18)9-11-25(12-10-23)20(26)16-5-6-19(28-4)24-14-16/h5-6,14,17-18,27H,7-13,15H2,1-4H3/t17-,18-,22+/m0/s1. The third-order valence-corrected chi connectivity index (χ3v) is 7.30. The number of methoxy groups -OCH3 is 1. The molecule has 3 fully saturated rings. The fraction of sp³-hybridized carbons (Fsp3) is 0.739. The third-order valence-electron chi connectivity index (χ3n) is 7.30. The number of hydrogen-bond donors (Lipinski definition) is 1. The van der Waals surface area contributed by atoms with E-state index in [1.807, 2.05) is 18.7 Å². The first kappa shape index (κ1) is 21.5. The number of hydrogen-bond acceptors (Lipinski definition) is 6. The average molecular weight is 419 g/mol. The van der Waals surface area contributed by atoms with Crippen LogP contribution in [0.25, 0.3) is 0 Å². The molecule has 1 spiro atoms. The van der Waals surface area contributed by atoms with Crippen LogP contribution in [-0.2, 0) is 9.47 Å². The van der Waals surface area contributed by atoms with Crippen molar-refractivity contribution in [1.29, 1.82) is 0 Å². The monoisotopic (exact) mass is 418 g/mol. The number of nitrogens with zero attached hydrogens (tertiary/aromatic N) is 2. The van der Waals surface area contributed by atoms with Crippen molar-refractivity contribution in [2.75, 3.05) is 26.8 Å². The van der Waals surface area contributed by atoms with Crippen molar-refractivity contribution in [2.45, 2.75) is 76.3 Å². The highest BCUT2D eigenvalue weighted by Crippen LogP contribution is 2.49. The number of carbonyl (C=O) groups excluding carboxylic acids is 1. The van der Waals surface area contributed by atoms with Gasteiger partial charge in [0.05, 0.1) is 42.7 Å². The summed E-state index contributed by atoms with van der Waals surface area (Å²) in [5, 5.41) is 10.3. The predicted molar refractivity (Wildman–Crippen MR) is 112 cm³/mol. The number of carbonyl (C=O) groups is 1. The highest BCUT2D eigenvalue weighted by molar-refractivity contribution is 5.94. The lowest BCUT2D eigenvalue weighted by molar-refractivity contribution is -0.155. The molecule has 0 aliphatic carbocycles. The van der Waals surface area contributed by atoms with Gasteiger partial charge in [-0.05, 0) is 64.4 Å². The normalized spacial score (nSPS) is 31.3. The van der Waals surface area contributed by atoms with Crippen LogP contribution >= 0.6 is 0 Å². The van der Waals surface area contributed by atoms with Crippen LogP contribution in [0.15, 0.2) is 18.3 Å². The van der Waals surface area contributed by atoms with Crippen LogP contribution in [0.5, 0.6) is 5.88 Å². The minimum atomic E-state index is -0.837. The van der Waals surface area contributed by atoms with Gasteiger partial charge in [0.1, 0.15) is 0 Å². The molecule has 0 unspecified atom stereocenters. The van der Waals surface area contributed by atoms with Crippen LogP contribution in [0.4, 0.5) is 0 Å². The first-order valence-corrected chi connectivity index (χ1v) is 11.0. The highest BCUT2D eigenvalue weighted by atomic mass is 16.6. The molecule has 3 aliphatic heterocycles. The Morgan fingerprint density at radius 3 is 2.60 bits per heavy atom. The van der Waals surface area contributed by atoms with Crippen molar-refractivity contribution in [3.05, 3.63) is 23.9 Å². The second kappa shape index (κ2) is 7.77. The van der Waals surface area contributed by atoms with E-state index < -0.39 is 5.60 Å². The SMILES string of the molecule is COc1ccc(C(=O)N2CCC3(CC2)CO[C@H]([C@@]2(C)CC[C@@H](C(C)(C)O)O2)C3)cn1. The van der Waals surface area contributed by atoms with Gasteiger partial charge >= 0.3 is 0 Å². The summed E-state index contributed by atoms with van der Waals surface area (Å²) in [6, 6.07) is 3.49. The number of pyridine rings is 1. The van der Waals surface area contributed by atoms with E-state index in [1.165, 1.54) is 0 Å². The van der Waals surface area contributed by atoms with E-state index in [0.29, 0.717) is 11.4 Å². The molecule has 1 aromatic heterocycles. The molecule has 0 aromatic carbocycles. The predicted octanol–water partition coefficient (Wildman–Crippen LogP) is 2.81. The van der Waals surface area contributed by atoms with Gasteiger partial charge in [0.25, 0.3) is 5.91 Å². The molecule has 7 nitrogen and oxygen atoms in total. The van der Waals surface area contributed by atoms with Gasteiger partial charge in [0.15, 0.2) is 0 Å². The van der Waals surface area contributed by atoms with Gasteiger partial charge < -0.3 is 24.2 Å². The zero-order valence-corrected chi connectivity index (χ0v) is 18.5. The van der Waals surface area contributed by atoms with Gasteiger partial charge in [-0.15, -0.1) is 0 Å². The van der Waals surface area contributed by atoms with Crippen LogP contribution in [0.1, 0.15) is 63.2 Å². The average Bonchev–Trinajstić information content (AvgIpc) is 3.34. The molecule has 3 atom stereocenters. The van der Waals surface area contributed by atoms with E-state index in [4.69, 9.17) is 14.2 Å². The van der Waals surface area contributed by atoms with Crippen LogP contribution in [-0.4, -0.2) is 71.1 Å². The maximum atomic E-state index is 12.8. The fourth-order valence-electron chi connectivity index (χ4n) is 5.12. The Morgan fingerprint density at radius 1 is 1.30 bits per heavy atom. The number of amides is 1. The second-order valence-corrected chi connectivity index (χ2v) is 10.00. The lowest BCUT2D eigenvalue weighted by Gasteiger charge is -2.39. The Labute approximate surface area is 178 Å². The Kier molecular flexibility index (Phi) is 5.58. The molecule has 1 aromatic rings. The van der Waals surface area contributed by atoms with E-state index >= 15 is 0 Å². The molecule has 0 bridgehead atoms. The fourth-order valence-corrected chi connectivity index (χ4v) is 5.12. The summed E-state index contributed by atoms with van der Waals surface area (Å²) in [6.07, 6.45) is 6.04. The van der Waals surface area contributed by atoms with Crippen LogP contribution in [0.3, 0.4) is 0 Å². The summed E-state index contributed by atoms with van der Waals surface area (Å²) in [6.45, 7) is 7.92. The highest BCUT2D eigenvalue weighted by Gasteiger charge is 2.53. The first-order valence-electron chi connectivity index (χ1n) is 11.0. The molecule has 1 N–H and O–H groups in total. The smallest absolute Gasteiger partial charge is 0.255 e. The van der Waals surface area contributed by atoms with E-state index in [2.05, 4.69) is 11.9 Å². The third kappa shape index (κ3) is 4.07. The lowest BCUT2D eigenvalue weighted by atomic mass is 9.74. The van der Waals surface area contributed by atoms with E-state index in [0.717, 1.165) is 51.8 Å². The van der Waals surface area contributed by atoms with E-state index in [-0.39, 0.29) is 29.1 Å².